The summed E-state index contributed by atoms with van der Waals surface area (Å²) in [4.78, 5) is 34.6. The second kappa shape index (κ2) is 10.5. The second-order valence-corrected chi connectivity index (χ2v) is 5.60. The lowest BCUT2D eigenvalue weighted by Gasteiger charge is -2.28. The summed E-state index contributed by atoms with van der Waals surface area (Å²) in [6.45, 7) is 2.99. The van der Waals surface area contributed by atoms with E-state index < -0.39 is 54.8 Å². The number of nitrogens with one attached hydrogen (secondary N) is 1. The molecule has 0 aliphatic heterocycles. The highest BCUT2D eigenvalue weighted by atomic mass is 19.4. The Hall–Kier alpha value is -2.08. The molecule has 0 aromatic heterocycles. The number of alkyl halides is 7. The fourth-order valence-corrected chi connectivity index (χ4v) is 1.67. The van der Waals surface area contributed by atoms with E-state index in [9.17, 15) is 45.1 Å². The molecule has 0 saturated carbocycles. The molecule has 0 rings (SSSR count). The highest BCUT2D eigenvalue weighted by molar-refractivity contribution is 5.89. The van der Waals surface area contributed by atoms with Crippen LogP contribution in [0.3, 0.4) is 0 Å². The molecule has 0 aliphatic carbocycles. The van der Waals surface area contributed by atoms with Gasteiger partial charge in [-0.1, -0.05) is 13.8 Å². The first-order valence-corrected chi connectivity index (χ1v) is 8.17. The normalized spacial score (nSPS) is 13.6. The van der Waals surface area contributed by atoms with Crippen LogP contribution in [0.4, 0.5) is 30.7 Å². The van der Waals surface area contributed by atoms with Gasteiger partial charge in [-0.25, -0.2) is 4.79 Å². The van der Waals surface area contributed by atoms with Gasteiger partial charge < -0.3 is 14.8 Å². The van der Waals surface area contributed by atoms with Gasteiger partial charge in [-0.3, -0.25) is 9.59 Å². The molecule has 1 amide bonds. The molecule has 0 unspecified atom stereocenters. The van der Waals surface area contributed by atoms with Crippen LogP contribution < -0.4 is 5.32 Å². The summed E-state index contributed by atoms with van der Waals surface area (Å²) in [6.07, 6.45) is -7.30. The summed E-state index contributed by atoms with van der Waals surface area (Å²) in [5.74, 6) is -18.2. The Morgan fingerprint density at radius 3 is 1.86 bits per heavy atom. The first-order chi connectivity index (χ1) is 12.7. The van der Waals surface area contributed by atoms with Gasteiger partial charge in [0.1, 0.15) is 6.04 Å². The van der Waals surface area contributed by atoms with Crippen LogP contribution in [0.1, 0.15) is 39.5 Å². The largest absolute Gasteiger partial charge is 0.466 e. The number of esters is 2. The Labute approximate surface area is 155 Å². The molecule has 0 saturated heterocycles. The van der Waals surface area contributed by atoms with Gasteiger partial charge in [0.25, 0.3) is 5.91 Å². The maximum Gasteiger partial charge on any atom is 0.460 e. The smallest absolute Gasteiger partial charge is 0.460 e. The van der Waals surface area contributed by atoms with Crippen LogP contribution in [0, 0.1) is 0 Å². The van der Waals surface area contributed by atoms with Gasteiger partial charge in [-0.15, -0.1) is 0 Å². The van der Waals surface area contributed by atoms with Crippen LogP contribution in [-0.2, 0) is 23.9 Å². The topological polar surface area (TPSA) is 81.7 Å². The van der Waals surface area contributed by atoms with Gasteiger partial charge >= 0.3 is 30.0 Å². The lowest BCUT2D eigenvalue weighted by molar-refractivity contribution is -0.344. The first-order valence-electron chi connectivity index (χ1n) is 8.17. The average molecular weight is 427 g/mol. The van der Waals surface area contributed by atoms with Gasteiger partial charge in [-0.05, 0) is 19.3 Å². The molecule has 0 aliphatic rings. The molecule has 0 bridgehead atoms. The molecule has 0 radical (unpaired) electrons. The molecular formula is C15H20F7NO5. The van der Waals surface area contributed by atoms with Crippen molar-refractivity contribution in [3.8, 4) is 0 Å². The molecule has 1 atom stereocenters. The molecule has 28 heavy (non-hydrogen) atoms. The SMILES string of the molecule is CCCOC(=O)CC[C@H](NC(=O)C(F)(F)C(F)(F)C(F)(F)F)C(=O)OCCC. The third kappa shape index (κ3) is 6.82. The molecule has 13 heteroatoms. The Kier molecular flexibility index (Phi) is 9.68. The number of amides is 1. The minimum absolute atomic E-state index is 0.00597. The molecule has 0 aromatic carbocycles. The Balaban J connectivity index is 5.32. The van der Waals surface area contributed by atoms with Crippen molar-refractivity contribution < 1.29 is 54.6 Å². The fourth-order valence-electron chi connectivity index (χ4n) is 1.67. The van der Waals surface area contributed by atoms with Gasteiger partial charge in [-0.2, -0.15) is 30.7 Å². The number of halogens is 7. The summed E-state index contributed by atoms with van der Waals surface area (Å²) in [5, 5.41) is 1.10. The highest BCUT2D eigenvalue weighted by Gasteiger charge is 2.76. The lowest BCUT2D eigenvalue weighted by atomic mass is 10.1. The third-order valence-corrected chi connectivity index (χ3v) is 3.18. The van der Waals surface area contributed by atoms with E-state index in [2.05, 4.69) is 9.47 Å². The number of carbonyl (C=O) groups excluding carboxylic acids is 3. The van der Waals surface area contributed by atoms with Crippen LogP contribution in [0.15, 0.2) is 0 Å². The quantitative estimate of drug-likeness (QED) is 0.405. The van der Waals surface area contributed by atoms with E-state index >= 15 is 0 Å². The summed E-state index contributed by atoms with van der Waals surface area (Å²) < 4.78 is 98.4. The van der Waals surface area contributed by atoms with E-state index in [0.29, 0.717) is 6.42 Å². The van der Waals surface area contributed by atoms with E-state index in [4.69, 9.17) is 0 Å². The highest BCUT2D eigenvalue weighted by Crippen LogP contribution is 2.46. The van der Waals surface area contributed by atoms with Crippen molar-refractivity contribution in [2.45, 2.75) is 63.6 Å². The van der Waals surface area contributed by atoms with Crippen molar-refractivity contribution in [3.63, 3.8) is 0 Å². The Morgan fingerprint density at radius 1 is 0.893 bits per heavy atom. The first kappa shape index (κ1) is 25.9. The Bertz CT molecular complexity index is 551. The molecule has 164 valence electrons. The van der Waals surface area contributed by atoms with E-state index in [1.807, 2.05) is 0 Å². The summed E-state index contributed by atoms with van der Waals surface area (Å²) >= 11 is 0. The molecular weight excluding hydrogens is 407 g/mol. The number of ether oxygens (including phenoxy) is 2. The van der Waals surface area contributed by atoms with E-state index in [0.717, 1.165) is 5.32 Å². The third-order valence-electron chi connectivity index (χ3n) is 3.18. The zero-order chi connectivity index (χ0) is 22.2. The van der Waals surface area contributed by atoms with Crippen LogP contribution in [0.25, 0.3) is 0 Å². The zero-order valence-corrected chi connectivity index (χ0v) is 15.0. The van der Waals surface area contributed by atoms with Crippen molar-refractivity contribution in [2.24, 2.45) is 0 Å². The van der Waals surface area contributed by atoms with Gasteiger partial charge in [0.15, 0.2) is 0 Å². The lowest BCUT2D eigenvalue weighted by Crippen LogP contribution is -2.61. The number of hydrogen-bond donors (Lipinski definition) is 1. The van der Waals surface area contributed by atoms with Crippen LogP contribution in [-0.4, -0.2) is 55.1 Å². The van der Waals surface area contributed by atoms with Crippen molar-refractivity contribution in [1.29, 1.82) is 0 Å². The van der Waals surface area contributed by atoms with E-state index in [1.165, 1.54) is 0 Å². The number of rotatable bonds is 11. The fraction of sp³-hybridized carbons (Fsp3) is 0.800. The predicted molar refractivity (Wildman–Crippen MR) is 79.6 cm³/mol. The minimum atomic E-state index is -6.71. The van der Waals surface area contributed by atoms with Gasteiger partial charge in [0.2, 0.25) is 0 Å². The van der Waals surface area contributed by atoms with E-state index in [-0.39, 0.29) is 19.6 Å². The molecule has 0 spiro atoms. The predicted octanol–water partition coefficient (Wildman–Crippen LogP) is 2.99. The van der Waals surface area contributed by atoms with Crippen LogP contribution in [0.5, 0.6) is 0 Å². The summed E-state index contributed by atoms with van der Waals surface area (Å²) in [5.41, 5.74) is 0. The number of hydrogen-bond acceptors (Lipinski definition) is 5. The maximum absolute atomic E-state index is 13.4. The average Bonchev–Trinajstić information content (AvgIpc) is 2.59. The zero-order valence-electron chi connectivity index (χ0n) is 15.0. The molecule has 1 N–H and O–H groups in total. The standard InChI is InChI=1S/C15H20F7NO5/c1-3-7-27-10(24)6-5-9(11(25)28-8-4-2)23-12(26)13(16,17)14(18,19)15(20,21)22/h9H,3-8H2,1-2H3,(H,23,26)/t9-/m0/s1. The van der Waals surface area contributed by atoms with Gasteiger partial charge in [0, 0.05) is 6.42 Å². The second-order valence-electron chi connectivity index (χ2n) is 5.60. The molecule has 0 aromatic rings. The summed E-state index contributed by atoms with van der Waals surface area (Å²) in [6, 6.07) is -2.05. The molecule has 6 nitrogen and oxygen atoms in total. The van der Waals surface area contributed by atoms with Crippen LogP contribution in [0.2, 0.25) is 0 Å². The van der Waals surface area contributed by atoms with Gasteiger partial charge in [0.05, 0.1) is 13.2 Å². The van der Waals surface area contributed by atoms with Crippen molar-refractivity contribution in [1.82, 2.24) is 5.32 Å². The Morgan fingerprint density at radius 2 is 1.39 bits per heavy atom. The summed E-state index contributed by atoms with van der Waals surface area (Å²) in [7, 11) is 0. The number of carbonyl (C=O) groups is 3. The maximum atomic E-state index is 13.4. The molecule has 0 heterocycles. The minimum Gasteiger partial charge on any atom is -0.466 e. The van der Waals surface area contributed by atoms with E-state index in [1.54, 1.807) is 13.8 Å². The van der Waals surface area contributed by atoms with Crippen molar-refractivity contribution >= 4 is 17.8 Å². The van der Waals surface area contributed by atoms with Crippen LogP contribution >= 0.6 is 0 Å². The van der Waals surface area contributed by atoms with Crippen molar-refractivity contribution in [2.75, 3.05) is 13.2 Å². The monoisotopic (exact) mass is 427 g/mol. The van der Waals surface area contributed by atoms with Crippen molar-refractivity contribution in [3.05, 3.63) is 0 Å². The molecule has 0 fully saturated rings.